The van der Waals surface area contributed by atoms with E-state index in [1.165, 1.54) is 0 Å². The second-order valence-corrected chi connectivity index (χ2v) is 13.9. The number of nitrogens with one attached hydrogen (secondary N) is 1. The summed E-state index contributed by atoms with van der Waals surface area (Å²) in [7, 11) is 0. The largest absolute Gasteiger partial charge is 0.446 e. The highest BCUT2D eigenvalue weighted by Crippen LogP contribution is 2.37. The predicted molar refractivity (Wildman–Crippen MR) is 183 cm³/mol. The van der Waals surface area contributed by atoms with E-state index in [-0.39, 0.29) is 39.0 Å². The normalized spacial score (nSPS) is 40.8. The fourth-order valence-corrected chi connectivity index (χ4v) is 6.66. The van der Waals surface area contributed by atoms with Crippen molar-refractivity contribution in [1.82, 2.24) is 5.32 Å². The Morgan fingerprint density at radius 1 is 0.875 bits per heavy atom. The molecule has 0 unspecified atom stereocenters. The van der Waals surface area contributed by atoms with E-state index in [0.717, 1.165) is 0 Å². The summed E-state index contributed by atoms with van der Waals surface area (Å²) in [6.07, 6.45) is -20.4. The molecule has 0 bridgehead atoms. The summed E-state index contributed by atoms with van der Waals surface area (Å²) < 4.78 is 67.0. The smallest absolute Gasteiger partial charge is 0.395 e. The van der Waals surface area contributed by atoms with Gasteiger partial charge in [0.25, 0.3) is 0 Å². The number of aldehydes is 1. The van der Waals surface area contributed by atoms with E-state index in [0.29, 0.717) is 13.1 Å². The van der Waals surface area contributed by atoms with Crippen molar-refractivity contribution in [2.24, 2.45) is 34.6 Å². The molecule has 3 heterocycles. The fourth-order valence-electron chi connectivity index (χ4n) is 6.66. The third kappa shape index (κ3) is 13.1. The summed E-state index contributed by atoms with van der Waals surface area (Å²) in [6, 6.07) is -2.90. The molecule has 3 aliphatic heterocycles. The second-order valence-electron chi connectivity index (χ2n) is 13.9. The third-order valence-electron chi connectivity index (χ3n) is 9.68. The van der Waals surface area contributed by atoms with E-state index in [4.69, 9.17) is 67.0 Å². The first-order valence-corrected chi connectivity index (χ1v) is 18.1. The first kappa shape index (κ1) is 48.5. The van der Waals surface area contributed by atoms with Gasteiger partial charge < -0.3 is 98.2 Å². The molecule has 4 aliphatic rings. The van der Waals surface area contributed by atoms with Gasteiger partial charge in [-0.15, -0.1) is 0 Å². The summed E-state index contributed by atoms with van der Waals surface area (Å²) in [6.45, 7) is -0.180. The minimum Gasteiger partial charge on any atom is -0.395 e. The van der Waals surface area contributed by atoms with Gasteiger partial charge in [0.2, 0.25) is 6.29 Å². The molecule has 2 saturated heterocycles. The SMILES string of the molecule is NCC[C@H](O)C(=O)C[C@@H]1C[C@H](N)[C@@H](O[C@H]2O[C@H](CNCCO)C=C[C@H]2N)[C@H](O[C@@H]2O[C@H](CO)[C@@H](O[C@H]3O[C@@H](CN)[C@@H](O)[C@H](O)[C@H]3N)[C@H]2O)[C@H]1O.O=CC(F)(F)F. The van der Waals surface area contributed by atoms with Crippen LogP contribution in [0.15, 0.2) is 12.2 Å². The number of aliphatic hydroxyl groups excluding tert-OH is 7. The minimum absolute atomic E-state index is 0.0283. The van der Waals surface area contributed by atoms with Gasteiger partial charge in [0.15, 0.2) is 24.7 Å². The van der Waals surface area contributed by atoms with E-state index in [2.05, 4.69) is 5.32 Å². The zero-order valence-corrected chi connectivity index (χ0v) is 30.4. The Kier molecular flexibility index (Phi) is 19.5. The molecule has 0 amide bonds. The average Bonchev–Trinajstić information content (AvgIpc) is 3.45. The van der Waals surface area contributed by atoms with Crippen LogP contribution in [0.4, 0.5) is 13.2 Å². The van der Waals surface area contributed by atoms with Crippen molar-refractivity contribution in [1.29, 1.82) is 0 Å². The van der Waals surface area contributed by atoms with E-state index >= 15 is 0 Å². The van der Waals surface area contributed by atoms with Crippen LogP contribution in [0.1, 0.15) is 19.3 Å². The maximum absolute atomic E-state index is 12.8. The van der Waals surface area contributed by atoms with Crippen molar-refractivity contribution in [3.05, 3.63) is 12.2 Å². The maximum atomic E-state index is 12.8. The Bertz CT molecular complexity index is 1230. The van der Waals surface area contributed by atoms with Gasteiger partial charge in [-0.1, -0.05) is 12.2 Å². The molecule has 1 aliphatic carbocycles. The molecule has 0 aromatic carbocycles. The van der Waals surface area contributed by atoms with Crippen LogP contribution in [-0.2, 0) is 38.0 Å². The van der Waals surface area contributed by atoms with Gasteiger partial charge in [-0.3, -0.25) is 9.59 Å². The van der Waals surface area contributed by atoms with Crippen molar-refractivity contribution < 1.29 is 86.9 Å². The van der Waals surface area contributed by atoms with Crippen LogP contribution in [0.5, 0.6) is 0 Å². The van der Waals surface area contributed by atoms with Crippen molar-refractivity contribution >= 4 is 12.1 Å². The van der Waals surface area contributed by atoms with Crippen molar-refractivity contribution in [3.8, 4) is 0 Å². The van der Waals surface area contributed by atoms with E-state index in [9.17, 15) is 48.6 Å². The summed E-state index contributed by atoms with van der Waals surface area (Å²) in [5.41, 5.74) is 30.1. The van der Waals surface area contributed by atoms with Crippen molar-refractivity contribution in [2.75, 3.05) is 39.4 Å². The van der Waals surface area contributed by atoms with Crippen LogP contribution < -0.4 is 34.0 Å². The highest BCUT2D eigenvalue weighted by Gasteiger charge is 2.54. The number of carbonyl (C=O) groups is 2. The highest BCUT2D eigenvalue weighted by molar-refractivity contribution is 5.83. The molecule has 0 spiro atoms. The monoisotopic (exact) mass is 822 g/mol. The Labute approximate surface area is 320 Å². The number of carbonyl (C=O) groups excluding carboxylic acids is 2. The molecule has 0 aromatic rings. The molecule has 0 radical (unpaired) electrons. The predicted octanol–water partition coefficient (Wildman–Crippen LogP) is -6.73. The van der Waals surface area contributed by atoms with Gasteiger partial charge in [0.1, 0.15) is 54.9 Å². The van der Waals surface area contributed by atoms with Gasteiger partial charge >= 0.3 is 6.18 Å². The molecule has 0 aromatic heterocycles. The number of ether oxygens (including phenoxy) is 6. The number of aliphatic hydroxyl groups is 7. The second kappa shape index (κ2) is 22.5. The maximum Gasteiger partial charge on any atom is 0.446 e. The van der Waals surface area contributed by atoms with Crippen molar-refractivity contribution in [2.45, 2.75) is 130 Å². The lowest BCUT2D eigenvalue weighted by Gasteiger charge is -2.46. The molecule has 21 nitrogen and oxygen atoms in total. The van der Waals surface area contributed by atoms with Gasteiger partial charge in [-0.25, -0.2) is 0 Å². The van der Waals surface area contributed by atoms with Crippen LogP contribution in [0.3, 0.4) is 0 Å². The summed E-state index contributed by atoms with van der Waals surface area (Å²) in [5.74, 6) is -1.37. The van der Waals surface area contributed by atoms with Crippen LogP contribution in [0.25, 0.3) is 0 Å². The van der Waals surface area contributed by atoms with E-state index < -0.39 is 135 Å². The first-order valence-electron chi connectivity index (χ1n) is 18.1. The van der Waals surface area contributed by atoms with Crippen LogP contribution in [0, 0.1) is 5.92 Å². The van der Waals surface area contributed by atoms with Gasteiger partial charge in [0.05, 0.1) is 37.5 Å². The molecule has 326 valence electrons. The molecule has 4 rings (SSSR count). The molecule has 24 heteroatoms. The molecular weight excluding hydrogens is 765 g/mol. The average molecular weight is 823 g/mol. The topological polar surface area (TPSA) is 373 Å². The van der Waals surface area contributed by atoms with E-state index in [1.807, 2.05) is 0 Å². The van der Waals surface area contributed by atoms with Crippen LogP contribution in [-0.4, -0.2) is 198 Å². The Balaban J connectivity index is 0.00000130. The fraction of sp³-hybridized carbons (Fsp3) is 0.875. The number of halogens is 3. The molecule has 56 heavy (non-hydrogen) atoms. The first-order chi connectivity index (χ1) is 26.4. The number of hydrogen-bond donors (Lipinski definition) is 13. The molecule has 18 N–H and O–H groups in total. The molecule has 3 fully saturated rings. The quantitative estimate of drug-likeness (QED) is 0.0368. The van der Waals surface area contributed by atoms with Gasteiger partial charge in [0, 0.05) is 32.1 Å². The minimum atomic E-state index is -4.64. The molecule has 18 atom stereocenters. The zero-order chi connectivity index (χ0) is 41.9. The molecule has 1 saturated carbocycles. The third-order valence-corrected chi connectivity index (χ3v) is 9.68. The Hall–Kier alpha value is -1.89. The number of Topliss-reactive ketones (excluding diaryl/α,β-unsaturated/α-hetero) is 1. The van der Waals surface area contributed by atoms with Crippen LogP contribution >= 0.6 is 0 Å². The summed E-state index contributed by atoms with van der Waals surface area (Å²) >= 11 is 0. The highest BCUT2D eigenvalue weighted by atomic mass is 19.4. The standard InChI is InChI=1S/C30H56N6O14.C2HF3O/c31-4-3-16(39)17(40)8-12-7-15(34)25(48-28-14(33)2-1-13(45-28)10-36-5-6-37)27(21(12)41)50-30-24(44)26(19(11-38)47-30)49-29-20(35)23(43)22(42)18(9-32)46-29;3-2(4,5)1-6/h1-2,12-16,18-30,36-39,41-44H,3-11,31-35H2;1H/t12-,13-,14+,15-,16-,18-,19+,20+,21-,22+,23+,24+,25+,26+,27+,28+,29+,30-;/m0./s1. The van der Waals surface area contributed by atoms with Gasteiger partial charge in [-0.05, 0) is 25.3 Å². The zero-order valence-electron chi connectivity index (χ0n) is 30.4. The molecular formula is C32H57F3N6O15. The summed E-state index contributed by atoms with van der Waals surface area (Å²) in [4.78, 5) is 21.5. The number of nitrogens with two attached hydrogens (primary N) is 5. The van der Waals surface area contributed by atoms with Crippen molar-refractivity contribution in [3.63, 3.8) is 0 Å². The number of hydrogen-bond acceptors (Lipinski definition) is 21. The summed E-state index contributed by atoms with van der Waals surface area (Å²) in [5, 5.41) is 76.1. The number of alkyl halides is 3. The van der Waals surface area contributed by atoms with Gasteiger partial charge in [-0.2, -0.15) is 13.2 Å². The van der Waals surface area contributed by atoms with Crippen LogP contribution in [0.2, 0.25) is 0 Å². The van der Waals surface area contributed by atoms with E-state index in [1.54, 1.807) is 12.2 Å². The lowest BCUT2D eigenvalue weighted by atomic mass is 9.76. The number of ketones is 1. The number of rotatable bonds is 17. The lowest BCUT2D eigenvalue weighted by molar-refractivity contribution is -0.286. The Morgan fingerprint density at radius 2 is 1.50 bits per heavy atom. The Morgan fingerprint density at radius 3 is 2.09 bits per heavy atom. The lowest BCUT2D eigenvalue weighted by Crippen LogP contribution is -2.64.